The van der Waals surface area contributed by atoms with E-state index >= 15 is 0 Å². The number of hydrogen-bond donors (Lipinski definition) is 2. The number of amides is 2. The first-order valence-electron chi connectivity index (χ1n) is 7.69. The SMILES string of the molecule is CCc1cccc2c1OCC(=O)NC2C(=O)Nc1ccc(Br)cc1. The summed E-state index contributed by atoms with van der Waals surface area (Å²) in [5.74, 6) is 0.00388. The van der Waals surface area contributed by atoms with Gasteiger partial charge >= 0.3 is 0 Å². The van der Waals surface area contributed by atoms with Crippen LogP contribution in [0.4, 0.5) is 5.69 Å². The third-order valence-electron chi connectivity index (χ3n) is 3.85. The van der Waals surface area contributed by atoms with Gasteiger partial charge in [0.1, 0.15) is 11.8 Å². The Bertz CT molecular complexity index is 774. The zero-order valence-electron chi connectivity index (χ0n) is 13.1. The van der Waals surface area contributed by atoms with Gasteiger partial charge in [0.05, 0.1) is 0 Å². The molecule has 0 aromatic heterocycles. The van der Waals surface area contributed by atoms with Gasteiger partial charge < -0.3 is 15.4 Å². The van der Waals surface area contributed by atoms with E-state index < -0.39 is 6.04 Å². The monoisotopic (exact) mass is 388 g/mol. The second-order valence-corrected chi connectivity index (χ2v) is 6.39. The van der Waals surface area contributed by atoms with E-state index in [9.17, 15) is 9.59 Å². The second kappa shape index (κ2) is 7.05. The molecular weight excluding hydrogens is 372 g/mol. The van der Waals surface area contributed by atoms with Crippen LogP contribution in [0.3, 0.4) is 0 Å². The lowest BCUT2D eigenvalue weighted by atomic mass is 10.00. The summed E-state index contributed by atoms with van der Waals surface area (Å²) in [6, 6.07) is 12.1. The molecule has 1 aliphatic heterocycles. The minimum absolute atomic E-state index is 0.0912. The summed E-state index contributed by atoms with van der Waals surface area (Å²) in [6.07, 6.45) is 0.762. The lowest BCUT2D eigenvalue weighted by Gasteiger charge is -2.18. The molecule has 1 aliphatic rings. The predicted octanol–water partition coefficient (Wildman–Crippen LogP) is 3.20. The fraction of sp³-hybridized carbons (Fsp3) is 0.222. The zero-order valence-corrected chi connectivity index (χ0v) is 14.7. The zero-order chi connectivity index (χ0) is 17.1. The maximum atomic E-state index is 12.7. The molecule has 0 radical (unpaired) electrons. The minimum Gasteiger partial charge on any atom is -0.483 e. The molecular formula is C18H17BrN2O3. The van der Waals surface area contributed by atoms with Crippen LogP contribution in [0.5, 0.6) is 5.75 Å². The number of ether oxygens (including phenoxy) is 1. The molecule has 1 heterocycles. The molecule has 1 atom stereocenters. The van der Waals surface area contributed by atoms with Gasteiger partial charge in [0.25, 0.3) is 11.8 Å². The van der Waals surface area contributed by atoms with Gasteiger partial charge in [0, 0.05) is 15.7 Å². The number of halogens is 1. The number of anilines is 1. The van der Waals surface area contributed by atoms with Gasteiger partial charge in [-0.25, -0.2) is 0 Å². The highest BCUT2D eigenvalue weighted by Crippen LogP contribution is 2.32. The fourth-order valence-corrected chi connectivity index (χ4v) is 2.92. The summed E-state index contributed by atoms with van der Waals surface area (Å²) in [5, 5.41) is 5.57. The van der Waals surface area contributed by atoms with Crippen LogP contribution in [0, 0.1) is 0 Å². The van der Waals surface area contributed by atoms with Crippen LogP contribution in [0.1, 0.15) is 24.1 Å². The summed E-state index contributed by atoms with van der Waals surface area (Å²) in [5.41, 5.74) is 2.32. The van der Waals surface area contributed by atoms with Gasteiger partial charge in [0.15, 0.2) is 6.61 Å². The Balaban J connectivity index is 1.92. The lowest BCUT2D eigenvalue weighted by molar-refractivity contribution is -0.127. The van der Waals surface area contributed by atoms with Crippen molar-refractivity contribution >= 4 is 33.4 Å². The first-order valence-corrected chi connectivity index (χ1v) is 8.48. The standard InChI is InChI=1S/C18H17BrN2O3/c1-2-11-4-3-5-14-16(21-15(22)10-24-17(11)14)18(23)20-13-8-6-12(19)7-9-13/h3-9,16H,2,10H2,1H3,(H,20,23)(H,21,22). The van der Waals surface area contributed by atoms with Crippen LogP contribution >= 0.6 is 15.9 Å². The number of carbonyl (C=O) groups is 2. The van der Waals surface area contributed by atoms with Crippen molar-refractivity contribution in [2.45, 2.75) is 19.4 Å². The molecule has 0 fully saturated rings. The Morgan fingerprint density at radius 1 is 1.29 bits per heavy atom. The van der Waals surface area contributed by atoms with Crippen LogP contribution in [0.15, 0.2) is 46.9 Å². The largest absolute Gasteiger partial charge is 0.483 e. The Kier molecular flexibility index (Phi) is 4.85. The predicted molar refractivity (Wildman–Crippen MR) is 95.0 cm³/mol. The van der Waals surface area contributed by atoms with Crippen LogP contribution in [0.2, 0.25) is 0 Å². The Labute approximate surface area is 148 Å². The van der Waals surface area contributed by atoms with Crippen LogP contribution < -0.4 is 15.4 Å². The van der Waals surface area contributed by atoms with E-state index in [1.165, 1.54) is 0 Å². The highest BCUT2D eigenvalue weighted by Gasteiger charge is 2.30. The van der Waals surface area contributed by atoms with E-state index in [0.717, 1.165) is 16.5 Å². The Hall–Kier alpha value is -2.34. The number of rotatable bonds is 3. The molecule has 24 heavy (non-hydrogen) atoms. The molecule has 0 spiro atoms. The normalized spacial score (nSPS) is 16.4. The molecule has 2 aromatic carbocycles. The highest BCUT2D eigenvalue weighted by atomic mass is 79.9. The van der Waals surface area contributed by atoms with Gasteiger partial charge in [-0.05, 0) is 36.2 Å². The number of aryl methyl sites for hydroxylation is 1. The third-order valence-corrected chi connectivity index (χ3v) is 4.37. The van der Waals surface area contributed by atoms with Gasteiger partial charge in [-0.3, -0.25) is 9.59 Å². The molecule has 5 nitrogen and oxygen atoms in total. The molecule has 2 amide bonds. The average Bonchev–Trinajstić information content (AvgIpc) is 2.76. The molecule has 2 aromatic rings. The first kappa shape index (κ1) is 16.5. The summed E-state index contributed by atoms with van der Waals surface area (Å²) < 4.78 is 6.56. The van der Waals surface area contributed by atoms with E-state index in [-0.39, 0.29) is 18.4 Å². The number of para-hydroxylation sites is 1. The van der Waals surface area contributed by atoms with E-state index in [0.29, 0.717) is 17.0 Å². The smallest absolute Gasteiger partial charge is 0.258 e. The first-order chi connectivity index (χ1) is 11.6. The van der Waals surface area contributed by atoms with Crippen molar-refractivity contribution in [2.75, 3.05) is 11.9 Å². The topological polar surface area (TPSA) is 67.4 Å². The summed E-state index contributed by atoms with van der Waals surface area (Å²) in [4.78, 5) is 24.7. The minimum atomic E-state index is -0.787. The second-order valence-electron chi connectivity index (χ2n) is 5.47. The molecule has 0 saturated carbocycles. The van der Waals surface area contributed by atoms with E-state index in [4.69, 9.17) is 4.74 Å². The molecule has 0 bridgehead atoms. The highest BCUT2D eigenvalue weighted by molar-refractivity contribution is 9.10. The summed E-state index contributed by atoms with van der Waals surface area (Å²) in [7, 11) is 0. The van der Waals surface area contributed by atoms with E-state index in [2.05, 4.69) is 26.6 Å². The number of nitrogens with one attached hydrogen (secondary N) is 2. The van der Waals surface area contributed by atoms with Crippen molar-refractivity contribution in [1.82, 2.24) is 5.32 Å². The molecule has 0 aliphatic carbocycles. The third kappa shape index (κ3) is 3.43. The molecule has 124 valence electrons. The molecule has 6 heteroatoms. The van der Waals surface area contributed by atoms with Gasteiger partial charge in [-0.15, -0.1) is 0 Å². The fourth-order valence-electron chi connectivity index (χ4n) is 2.66. The Morgan fingerprint density at radius 2 is 2.04 bits per heavy atom. The Morgan fingerprint density at radius 3 is 2.75 bits per heavy atom. The van der Waals surface area contributed by atoms with Crippen LogP contribution in [-0.4, -0.2) is 18.4 Å². The van der Waals surface area contributed by atoms with Crippen molar-refractivity contribution in [2.24, 2.45) is 0 Å². The summed E-state index contributed by atoms with van der Waals surface area (Å²) >= 11 is 3.36. The molecule has 0 saturated heterocycles. The maximum Gasteiger partial charge on any atom is 0.258 e. The molecule has 2 N–H and O–H groups in total. The summed E-state index contributed by atoms with van der Waals surface area (Å²) in [6.45, 7) is 1.92. The number of hydrogen-bond acceptors (Lipinski definition) is 3. The van der Waals surface area contributed by atoms with Crippen LogP contribution in [0.25, 0.3) is 0 Å². The lowest BCUT2D eigenvalue weighted by Crippen LogP contribution is -2.37. The quantitative estimate of drug-likeness (QED) is 0.848. The molecule has 1 unspecified atom stereocenters. The number of fused-ring (bicyclic) bond motifs is 1. The average molecular weight is 389 g/mol. The van der Waals surface area contributed by atoms with Crippen LogP contribution in [-0.2, 0) is 16.0 Å². The van der Waals surface area contributed by atoms with Crippen molar-refractivity contribution in [3.8, 4) is 5.75 Å². The number of carbonyl (C=O) groups excluding carboxylic acids is 2. The van der Waals surface area contributed by atoms with Gasteiger partial charge in [0.2, 0.25) is 0 Å². The van der Waals surface area contributed by atoms with Crippen molar-refractivity contribution in [1.29, 1.82) is 0 Å². The van der Waals surface area contributed by atoms with Gasteiger partial charge in [-0.1, -0.05) is 41.1 Å². The van der Waals surface area contributed by atoms with Gasteiger partial charge in [-0.2, -0.15) is 0 Å². The van der Waals surface area contributed by atoms with Crippen molar-refractivity contribution in [3.05, 3.63) is 58.1 Å². The maximum absolute atomic E-state index is 12.7. The van der Waals surface area contributed by atoms with Crippen molar-refractivity contribution in [3.63, 3.8) is 0 Å². The van der Waals surface area contributed by atoms with E-state index in [1.807, 2.05) is 37.3 Å². The molecule has 3 rings (SSSR count). The van der Waals surface area contributed by atoms with E-state index in [1.54, 1.807) is 12.1 Å². The number of benzene rings is 2. The van der Waals surface area contributed by atoms with Crippen molar-refractivity contribution < 1.29 is 14.3 Å².